The summed E-state index contributed by atoms with van der Waals surface area (Å²) in [6, 6.07) is 12.6. The van der Waals surface area contributed by atoms with E-state index in [9.17, 15) is 19.8 Å². The van der Waals surface area contributed by atoms with Crippen molar-refractivity contribution >= 4 is 12.0 Å². The Kier molecular flexibility index (Phi) is 11.0. The van der Waals surface area contributed by atoms with Gasteiger partial charge in [-0.1, -0.05) is 56.3 Å². The van der Waals surface area contributed by atoms with Crippen LogP contribution in [0.3, 0.4) is 0 Å². The lowest BCUT2D eigenvalue weighted by atomic mass is 9.96. The molecule has 2 rings (SSSR count). The number of alkyl carbamates (subject to hydrolysis) is 1. The molecule has 2 unspecified atom stereocenters. The number of aromatic hydroxyl groups is 1. The largest absolute Gasteiger partial charge is 0.508 e. The van der Waals surface area contributed by atoms with Crippen LogP contribution in [-0.2, 0) is 27.3 Å². The first-order valence-electron chi connectivity index (χ1n) is 12.4. The van der Waals surface area contributed by atoms with Gasteiger partial charge < -0.3 is 30.3 Å². The number of ether oxygens (including phenoxy) is 2. The molecule has 4 N–H and O–H groups in total. The molecule has 3 atom stereocenters. The van der Waals surface area contributed by atoms with Crippen LogP contribution in [0.1, 0.15) is 45.7 Å². The van der Waals surface area contributed by atoms with E-state index in [2.05, 4.69) is 10.6 Å². The van der Waals surface area contributed by atoms with E-state index in [1.807, 2.05) is 30.3 Å². The van der Waals surface area contributed by atoms with Crippen molar-refractivity contribution < 1.29 is 38.1 Å². The number of amides is 2. The second-order valence-corrected chi connectivity index (χ2v) is 10.5. The Morgan fingerprint density at radius 2 is 1.53 bits per heavy atom. The zero-order chi connectivity index (χ0) is 28.5. The van der Waals surface area contributed by atoms with Crippen molar-refractivity contribution in [1.82, 2.24) is 10.6 Å². The van der Waals surface area contributed by atoms with Crippen molar-refractivity contribution in [3.63, 3.8) is 0 Å². The molecule has 8 nitrogen and oxygen atoms in total. The number of nitrogens with one attached hydrogen (secondary N) is 2. The molecular formula is C28H38F2N2O6. The zero-order valence-electron chi connectivity index (χ0n) is 22.4. The van der Waals surface area contributed by atoms with Gasteiger partial charge in [0.25, 0.3) is 5.91 Å². The first-order valence-corrected chi connectivity index (χ1v) is 12.4. The lowest BCUT2D eigenvalue weighted by Gasteiger charge is -2.32. The van der Waals surface area contributed by atoms with Gasteiger partial charge in [-0.05, 0) is 56.4 Å². The number of aliphatic hydroxyl groups is 1. The van der Waals surface area contributed by atoms with E-state index in [1.54, 1.807) is 34.6 Å². The fourth-order valence-corrected chi connectivity index (χ4v) is 3.52. The number of phenolic OH excluding ortho intramolecular Hbond substituents is 1. The van der Waals surface area contributed by atoms with E-state index in [-0.39, 0.29) is 31.3 Å². The lowest BCUT2D eigenvalue weighted by molar-refractivity contribution is -0.168. The number of aliphatic hydroxyl groups excluding tert-OH is 1. The number of hydrogen-bond donors (Lipinski definition) is 4. The van der Waals surface area contributed by atoms with E-state index in [0.29, 0.717) is 5.56 Å². The molecule has 0 aliphatic heterocycles. The Bertz CT molecular complexity index is 1030. The molecule has 0 aliphatic rings. The molecule has 0 radical (unpaired) electrons. The van der Waals surface area contributed by atoms with Gasteiger partial charge in [0.1, 0.15) is 17.5 Å². The summed E-state index contributed by atoms with van der Waals surface area (Å²) < 4.78 is 41.4. The lowest BCUT2D eigenvalue weighted by Crippen LogP contribution is -2.60. The third-order valence-corrected chi connectivity index (χ3v) is 5.68. The molecule has 38 heavy (non-hydrogen) atoms. The fourth-order valence-electron chi connectivity index (χ4n) is 3.52. The van der Waals surface area contributed by atoms with Crippen LogP contribution < -0.4 is 10.6 Å². The van der Waals surface area contributed by atoms with Gasteiger partial charge in [-0.15, -0.1) is 0 Å². The molecule has 210 valence electrons. The zero-order valence-corrected chi connectivity index (χ0v) is 22.4. The topological polar surface area (TPSA) is 117 Å². The van der Waals surface area contributed by atoms with Crippen molar-refractivity contribution in [3.05, 3.63) is 65.7 Å². The normalized spacial score (nSPS) is 14.4. The predicted molar refractivity (Wildman–Crippen MR) is 139 cm³/mol. The molecule has 2 aromatic carbocycles. The number of benzene rings is 2. The highest BCUT2D eigenvalue weighted by Crippen LogP contribution is 2.25. The van der Waals surface area contributed by atoms with Crippen LogP contribution in [0.15, 0.2) is 54.6 Å². The van der Waals surface area contributed by atoms with Crippen LogP contribution >= 0.6 is 0 Å². The molecule has 2 aromatic rings. The maximum atomic E-state index is 15.3. The second kappa shape index (κ2) is 13.5. The number of rotatable bonds is 12. The van der Waals surface area contributed by atoms with E-state index in [4.69, 9.17) is 9.47 Å². The molecule has 2 amide bonds. The maximum absolute atomic E-state index is 15.3. The molecule has 0 bridgehead atoms. The maximum Gasteiger partial charge on any atom is 0.407 e. The minimum atomic E-state index is -4.26. The summed E-state index contributed by atoms with van der Waals surface area (Å²) in [6.07, 6.45) is -3.86. The molecular weight excluding hydrogens is 498 g/mol. The minimum absolute atomic E-state index is 0.0163. The SMILES string of the molecule is CC(C)[C@H](COCc1ccccc1)NC(=O)C(F)(F)C(O)C(Cc1ccc(O)cc1)NC(=O)OC(C)(C)C. The summed E-state index contributed by atoms with van der Waals surface area (Å²) in [5, 5.41) is 24.8. The third kappa shape index (κ3) is 9.90. The van der Waals surface area contributed by atoms with Gasteiger partial charge in [-0.2, -0.15) is 8.78 Å². The minimum Gasteiger partial charge on any atom is -0.508 e. The monoisotopic (exact) mass is 536 g/mol. The van der Waals surface area contributed by atoms with Crippen molar-refractivity contribution in [2.75, 3.05) is 6.61 Å². The fraction of sp³-hybridized carbons (Fsp3) is 0.500. The van der Waals surface area contributed by atoms with Crippen LogP contribution in [0.25, 0.3) is 0 Å². The number of halogens is 2. The van der Waals surface area contributed by atoms with Gasteiger partial charge in [0.2, 0.25) is 0 Å². The summed E-state index contributed by atoms with van der Waals surface area (Å²) in [4.78, 5) is 25.1. The quantitative estimate of drug-likeness (QED) is 0.323. The van der Waals surface area contributed by atoms with Crippen LogP contribution in [0.4, 0.5) is 13.6 Å². The van der Waals surface area contributed by atoms with Gasteiger partial charge >= 0.3 is 12.0 Å². The molecule has 0 heterocycles. The smallest absolute Gasteiger partial charge is 0.407 e. The number of hydrogen-bond acceptors (Lipinski definition) is 6. The Labute approximate surface area is 222 Å². The molecule has 0 spiro atoms. The molecule has 0 aliphatic carbocycles. The average molecular weight is 537 g/mol. The van der Waals surface area contributed by atoms with Gasteiger partial charge in [-0.3, -0.25) is 4.79 Å². The van der Waals surface area contributed by atoms with Crippen molar-refractivity contribution in [3.8, 4) is 5.75 Å². The van der Waals surface area contributed by atoms with Crippen LogP contribution in [0, 0.1) is 5.92 Å². The van der Waals surface area contributed by atoms with Crippen LogP contribution in [-0.4, -0.2) is 58.5 Å². The standard InChI is InChI=1S/C28H38F2N2O6/c1-18(2)23(17-37-16-20-9-7-6-8-10-20)31-25(35)28(29,30)24(34)22(32-26(36)38-27(3,4)5)15-19-11-13-21(33)14-12-19/h6-14,18,22-24,33-34H,15-17H2,1-5H3,(H,31,35)(H,32,36)/t22?,23-,24?/m0/s1. The summed E-state index contributed by atoms with van der Waals surface area (Å²) in [5.41, 5.74) is 0.420. The Morgan fingerprint density at radius 1 is 0.921 bits per heavy atom. The molecule has 0 aromatic heterocycles. The number of carbonyl (C=O) groups is 2. The van der Waals surface area contributed by atoms with E-state index in [0.717, 1.165) is 5.56 Å². The predicted octanol–water partition coefficient (Wildman–Crippen LogP) is 4.18. The van der Waals surface area contributed by atoms with Crippen LogP contribution in [0.2, 0.25) is 0 Å². The van der Waals surface area contributed by atoms with Crippen molar-refractivity contribution in [1.29, 1.82) is 0 Å². The summed E-state index contributed by atoms with van der Waals surface area (Å²) in [5.74, 6) is -6.22. The number of carbonyl (C=O) groups excluding carboxylic acids is 2. The summed E-state index contributed by atoms with van der Waals surface area (Å²) in [6.45, 7) is 8.54. The highest BCUT2D eigenvalue weighted by Gasteiger charge is 2.51. The third-order valence-electron chi connectivity index (χ3n) is 5.68. The number of alkyl halides is 2. The Balaban J connectivity index is 2.14. The van der Waals surface area contributed by atoms with Crippen molar-refractivity contribution in [2.45, 2.75) is 77.4 Å². The first-order chi connectivity index (χ1) is 17.7. The highest BCUT2D eigenvalue weighted by molar-refractivity contribution is 5.84. The van der Waals surface area contributed by atoms with Crippen LogP contribution in [0.5, 0.6) is 5.75 Å². The first kappa shape index (κ1) is 31.0. The van der Waals surface area contributed by atoms with Gasteiger partial charge in [0.05, 0.1) is 25.3 Å². The van der Waals surface area contributed by atoms with Crippen molar-refractivity contribution in [2.24, 2.45) is 5.92 Å². The Morgan fingerprint density at radius 3 is 2.08 bits per heavy atom. The molecule has 0 saturated carbocycles. The van der Waals surface area contributed by atoms with E-state index >= 15 is 8.78 Å². The Hall–Kier alpha value is -3.24. The summed E-state index contributed by atoms with van der Waals surface area (Å²) in [7, 11) is 0. The molecule has 0 saturated heterocycles. The highest BCUT2D eigenvalue weighted by atomic mass is 19.3. The molecule has 10 heteroatoms. The summed E-state index contributed by atoms with van der Waals surface area (Å²) >= 11 is 0. The average Bonchev–Trinajstić information content (AvgIpc) is 2.83. The van der Waals surface area contributed by atoms with Gasteiger partial charge in [0, 0.05) is 0 Å². The van der Waals surface area contributed by atoms with Gasteiger partial charge in [-0.25, -0.2) is 4.79 Å². The van der Waals surface area contributed by atoms with E-state index in [1.165, 1.54) is 24.3 Å². The van der Waals surface area contributed by atoms with E-state index < -0.39 is 41.7 Å². The second-order valence-electron chi connectivity index (χ2n) is 10.5. The van der Waals surface area contributed by atoms with Gasteiger partial charge in [0.15, 0.2) is 0 Å². The molecule has 0 fully saturated rings. The number of phenols is 1.